The molecule has 4 rings (SSSR count). The van der Waals surface area contributed by atoms with E-state index in [4.69, 9.17) is 0 Å². The Kier molecular flexibility index (Phi) is 7.39. The fourth-order valence-electron chi connectivity index (χ4n) is 4.46. The molecule has 0 unspecified atom stereocenters. The second-order valence-electron chi connectivity index (χ2n) is 8.74. The normalized spacial score (nSPS) is 15.9. The third-order valence-electron chi connectivity index (χ3n) is 6.20. The zero-order chi connectivity index (χ0) is 23.3. The average Bonchev–Trinajstić information content (AvgIpc) is 3.34. The van der Waals surface area contributed by atoms with E-state index >= 15 is 0 Å². The van der Waals surface area contributed by atoms with Crippen molar-refractivity contribution >= 4 is 15.7 Å². The number of aromatic nitrogens is 3. The van der Waals surface area contributed by atoms with Gasteiger partial charge in [0, 0.05) is 18.7 Å². The van der Waals surface area contributed by atoms with Crippen molar-refractivity contribution < 1.29 is 12.8 Å². The van der Waals surface area contributed by atoms with Gasteiger partial charge in [-0.25, -0.2) is 22.5 Å². The zero-order valence-electron chi connectivity index (χ0n) is 18.7. The van der Waals surface area contributed by atoms with E-state index in [1.54, 1.807) is 12.1 Å². The van der Waals surface area contributed by atoms with E-state index in [0.717, 1.165) is 24.0 Å². The Morgan fingerprint density at radius 1 is 1.15 bits per heavy atom. The first-order valence-electron chi connectivity index (χ1n) is 11.4. The fraction of sp³-hybridized carbons (Fsp3) is 0.417. The molecular weight excluding hydrogens is 441 g/mol. The largest absolute Gasteiger partial charge is 0.310 e. The van der Waals surface area contributed by atoms with Gasteiger partial charge in [-0.3, -0.25) is 4.72 Å². The Labute approximate surface area is 194 Å². The SMILES string of the molecule is C[C@@H](CC1CCCCC1)NCc1ccccc1NS(=O)(=O)c1ccc(-n2cncn2)cc1F. The Bertz CT molecular complexity index is 1160. The number of hydrogen-bond donors (Lipinski definition) is 2. The maximum Gasteiger partial charge on any atom is 0.264 e. The summed E-state index contributed by atoms with van der Waals surface area (Å²) in [7, 11) is -4.11. The lowest BCUT2D eigenvalue weighted by Crippen LogP contribution is -2.29. The van der Waals surface area contributed by atoms with Crippen LogP contribution >= 0.6 is 0 Å². The minimum absolute atomic E-state index is 0.333. The number of rotatable bonds is 9. The number of halogens is 1. The summed E-state index contributed by atoms with van der Waals surface area (Å²) in [6.07, 6.45) is 10.4. The second kappa shape index (κ2) is 10.4. The quantitative estimate of drug-likeness (QED) is 0.474. The van der Waals surface area contributed by atoms with Gasteiger partial charge in [0.1, 0.15) is 23.4 Å². The number of nitrogens with one attached hydrogen (secondary N) is 2. The predicted molar refractivity (Wildman–Crippen MR) is 126 cm³/mol. The topological polar surface area (TPSA) is 88.9 Å². The van der Waals surface area contributed by atoms with Gasteiger partial charge in [0.15, 0.2) is 0 Å². The fourth-order valence-corrected chi connectivity index (χ4v) is 5.62. The molecule has 7 nitrogen and oxygen atoms in total. The van der Waals surface area contributed by atoms with E-state index in [9.17, 15) is 12.8 Å². The van der Waals surface area contributed by atoms with Crippen LogP contribution in [0.5, 0.6) is 0 Å². The highest BCUT2D eigenvalue weighted by atomic mass is 32.2. The molecule has 3 aromatic rings. The summed E-state index contributed by atoms with van der Waals surface area (Å²) < 4.78 is 44.6. The van der Waals surface area contributed by atoms with Crippen molar-refractivity contribution in [1.29, 1.82) is 0 Å². The van der Waals surface area contributed by atoms with Gasteiger partial charge in [-0.2, -0.15) is 5.10 Å². The molecular formula is C24H30FN5O2S. The summed E-state index contributed by atoms with van der Waals surface area (Å²) in [5, 5.41) is 7.46. The molecule has 0 radical (unpaired) electrons. The number of benzene rings is 2. The second-order valence-corrected chi connectivity index (χ2v) is 10.4. The summed E-state index contributed by atoms with van der Waals surface area (Å²) in [6.45, 7) is 2.70. The molecule has 33 heavy (non-hydrogen) atoms. The van der Waals surface area contributed by atoms with Crippen LogP contribution in [0, 0.1) is 11.7 Å². The first kappa shape index (κ1) is 23.4. The van der Waals surface area contributed by atoms with Gasteiger partial charge in [0.25, 0.3) is 10.0 Å². The Balaban J connectivity index is 1.44. The molecule has 0 amide bonds. The van der Waals surface area contributed by atoms with Crippen LogP contribution in [0.25, 0.3) is 5.69 Å². The molecule has 0 spiro atoms. The van der Waals surface area contributed by atoms with Gasteiger partial charge < -0.3 is 5.32 Å². The standard InChI is InChI=1S/C24H30FN5O2S/c1-18(13-19-7-3-2-4-8-19)27-15-20-9-5-6-10-23(20)29-33(31,32)24-12-11-21(14-22(24)25)30-17-26-16-28-30/h5-6,9-12,14,16-19,27,29H,2-4,7-8,13,15H2,1H3/t18-/m0/s1. The van der Waals surface area contributed by atoms with E-state index in [2.05, 4.69) is 27.0 Å². The van der Waals surface area contributed by atoms with E-state index < -0.39 is 20.7 Å². The molecule has 1 aliphatic carbocycles. The first-order chi connectivity index (χ1) is 15.9. The monoisotopic (exact) mass is 471 g/mol. The third kappa shape index (κ3) is 5.97. The Hall–Kier alpha value is -2.78. The number of para-hydroxylation sites is 1. The minimum atomic E-state index is -4.11. The predicted octanol–water partition coefficient (Wildman–Crippen LogP) is 4.66. The maximum absolute atomic E-state index is 14.7. The van der Waals surface area contributed by atoms with Crippen molar-refractivity contribution in [1.82, 2.24) is 20.1 Å². The zero-order valence-corrected chi connectivity index (χ0v) is 19.6. The number of nitrogens with zero attached hydrogens (tertiary/aromatic N) is 3. The number of hydrogen-bond acceptors (Lipinski definition) is 5. The van der Waals surface area contributed by atoms with Crippen molar-refractivity contribution in [2.75, 3.05) is 4.72 Å². The van der Waals surface area contributed by atoms with Crippen LogP contribution in [0.4, 0.5) is 10.1 Å². The lowest BCUT2D eigenvalue weighted by atomic mass is 9.85. The molecule has 2 aromatic carbocycles. The van der Waals surface area contributed by atoms with Gasteiger partial charge in [0.2, 0.25) is 0 Å². The summed E-state index contributed by atoms with van der Waals surface area (Å²) in [6, 6.07) is 11.4. The van der Waals surface area contributed by atoms with Crippen molar-refractivity contribution in [3.05, 3.63) is 66.5 Å². The van der Waals surface area contributed by atoms with Gasteiger partial charge in [-0.05, 0) is 43.0 Å². The molecule has 0 saturated heterocycles. The van der Waals surface area contributed by atoms with Gasteiger partial charge in [-0.1, -0.05) is 50.3 Å². The molecule has 1 fully saturated rings. The van der Waals surface area contributed by atoms with Crippen LogP contribution in [0.3, 0.4) is 0 Å². The summed E-state index contributed by atoms with van der Waals surface area (Å²) >= 11 is 0. The van der Waals surface area contributed by atoms with E-state index in [0.29, 0.717) is 24.0 Å². The van der Waals surface area contributed by atoms with Crippen molar-refractivity contribution in [3.63, 3.8) is 0 Å². The molecule has 2 N–H and O–H groups in total. The number of sulfonamides is 1. The molecule has 9 heteroatoms. The Morgan fingerprint density at radius 3 is 2.67 bits per heavy atom. The third-order valence-corrected chi connectivity index (χ3v) is 7.60. The highest BCUT2D eigenvalue weighted by Crippen LogP contribution is 2.28. The highest BCUT2D eigenvalue weighted by Gasteiger charge is 2.22. The summed E-state index contributed by atoms with van der Waals surface area (Å²) in [5.74, 6) is -0.0920. The van der Waals surface area contributed by atoms with Gasteiger partial charge >= 0.3 is 0 Å². The van der Waals surface area contributed by atoms with Crippen LogP contribution < -0.4 is 10.0 Å². The molecule has 176 valence electrons. The van der Waals surface area contributed by atoms with E-state index in [-0.39, 0.29) is 0 Å². The lowest BCUT2D eigenvalue weighted by Gasteiger charge is -2.25. The molecule has 0 bridgehead atoms. The smallest absolute Gasteiger partial charge is 0.264 e. The van der Waals surface area contributed by atoms with Crippen LogP contribution in [-0.2, 0) is 16.6 Å². The van der Waals surface area contributed by atoms with Gasteiger partial charge in [0.05, 0.1) is 11.4 Å². The van der Waals surface area contributed by atoms with Crippen molar-refractivity contribution in [3.8, 4) is 5.69 Å². The molecule has 1 saturated carbocycles. The average molecular weight is 472 g/mol. The molecule has 0 aliphatic heterocycles. The lowest BCUT2D eigenvalue weighted by molar-refractivity contribution is 0.305. The van der Waals surface area contributed by atoms with E-state index in [1.165, 1.54) is 61.6 Å². The van der Waals surface area contributed by atoms with Crippen molar-refractivity contribution in [2.45, 2.75) is 62.9 Å². The first-order valence-corrected chi connectivity index (χ1v) is 12.9. The van der Waals surface area contributed by atoms with Crippen molar-refractivity contribution in [2.24, 2.45) is 5.92 Å². The van der Waals surface area contributed by atoms with Crippen LogP contribution in [0.15, 0.2) is 60.0 Å². The van der Waals surface area contributed by atoms with Crippen LogP contribution in [0.2, 0.25) is 0 Å². The Morgan fingerprint density at radius 2 is 1.94 bits per heavy atom. The number of anilines is 1. The minimum Gasteiger partial charge on any atom is -0.310 e. The van der Waals surface area contributed by atoms with E-state index in [1.807, 2.05) is 12.1 Å². The molecule has 1 aromatic heterocycles. The van der Waals surface area contributed by atoms with Crippen LogP contribution in [0.1, 0.15) is 51.0 Å². The molecule has 1 heterocycles. The highest BCUT2D eigenvalue weighted by molar-refractivity contribution is 7.92. The van der Waals surface area contributed by atoms with Gasteiger partial charge in [-0.15, -0.1) is 0 Å². The molecule has 1 aliphatic rings. The van der Waals surface area contributed by atoms with Crippen LogP contribution in [-0.4, -0.2) is 29.2 Å². The summed E-state index contributed by atoms with van der Waals surface area (Å²) in [4.78, 5) is 3.40. The molecule has 1 atom stereocenters. The summed E-state index contributed by atoms with van der Waals surface area (Å²) in [5.41, 5.74) is 1.64. The maximum atomic E-state index is 14.7.